The number of hydrogen-bond acceptors (Lipinski definition) is 1. The molecule has 1 heterocycles. The van der Waals surface area contributed by atoms with Crippen molar-refractivity contribution in [3.05, 3.63) is 29.8 Å². The van der Waals surface area contributed by atoms with Gasteiger partial charge in [-0.2, -0.15) is 0 Å². The molecule has 0 amide bonds. The predicted molar refractivity (Wildman–Crippen MR) is 41.4 cm³/mol. The Morgan fingerprint density at radius 2 is 2.00 bits per heavy atom. The van der Waals surface area contributed by atoms with Crippen molar-refractivity contribution in [2.75, 3.05) is 6.61 Å². The van der Waals surface area contributed by atoms with E-state index in [1.807, 2.05) is 12.1 Å². The Morgan fingerprint density at radius 1 is 1.25 bits per heavy atom. The molecule has 0 fully saturated rings. The van der Waals surface area contributed by atoms with Crippen LogP contribution in [0.1, 0.15) is 13.4 Å². The van der Waals surface area contributed by atoms with Crippen LogP contribution in [0, 0.1) is 35.6 Å². The van der Waals surface area contributed by atoms with Crippen molar-refractivity contribution in [1.82, 2.24) is 0 Å². The zero-order valence-corrected chi connectivity index (χ0v) is 11.5. The molecule has 0 unspecified atom stereocenters. The van der Waals surface area contributed by atoms with Gasteiger partial charge in [0.1, 0.15) is 5.75 Å². The minimum absolute atomic E-state index is 0. The zero-order valence-electron chi connectivity index (χ0n) is 7.77. The Bertz CT molecular complexity index is 220. The largest absolute Gasteiger partial charge is 1.00 e. The van der Waals surface area contributed by atoms with Crippen LogP contribution in [0.2, 0.25) is 0 Å². The SMILES string of the molecule is [Fe].[H+].[La].c1ccc2c(c1)CCCO2. The minimum atomic E-state index is 0. The smallest absolute Gasteiger partial charge is 0.493 e. The third-order valence-corrected chi connectivity index (χ3v) is 1.82. The minimum Gasteiger partial charge on any atom is -0.493 e. The van der Waals surface area contributed by atoms with Crippen molar-refractivity contribution in [2.24, 2.45) is 0 Å². The molecule has 63 valence electrons. The van der Waals surface area contributed by atoms with Gasteiger partial charge >= 0.3 is 1.43 Å². The van der Waals surface area contributed by atoms with Crippen LogP contribution in [-0.4, -0.2) is 6.61 Å². The Balaban J connectivity index is 0. The molecule has 0 spiro atoms. The van der Waals surface area contributed by atoms with Crippen LogP contribution in [0.25, 0.3) is 0 Å². The van der Waals surface area contributed by atoms with Crippen molar-refractivity contribution >= 4 is 0 Å². The molecule has 0 saturated carbocycles. The van der Waals surface area contributed by atoms with Crippen LogP contribution in [0.5, 0.6) is 5.75 Å². The first-order chi connectivity index (χ1) is 4.97. The number of fused-ring (bicyclic) bond motifs is 1. The van der Waals surface area contributed by atoms with Gasteiger partial charge in [0.05, 0.1) is 6.61 Å². The van der Waals surface area contributed by atoms with Gasteiger partial charge in [-0.1, -0.05) is 18.2 Å². The summed E-state index contributed by atoms with van der Waals surface area (Å²) in [5.74, 6) is 1.08. The molecule has 1 nitrogen and oxygen atoms in total. The second kappa shape index (κ2) is 6.23. The molecule has 1 aliphatic rings. The molecule has 0 N–H and O–H groups in total. The molecular formula is C9H11FeLaO+. The molecule has 0 aliphatic carbocycles. The maximum atomic E-state index is 5.42. The van der Waals surface area contributed by atoms with Crippen molar-refractivity contribution in [2.45, 2.75) is 12.8 Å². The van der Waals surface area contributed by atoms with Crippen molar-refractivity contribution in [3.63, 3.8) is 0 Å². The first-order valence-electron chi connectivity index (χ1n) is 3.67. The molecule has 1 radical (unpaired) electrons. The first-order valence-corrected chi connectivity index (χ1v) is 3.67. The molecule has 1 aromatic carbocycles. The number of para-hydroxylation sites is 1. The van der Waals surface area contributed by atoms with Gasteiger partial charge in [-0.05, 0) is 24.5 Å². The van der Waals surface area contributed by atoms with E-state index >= 15 is 0 Å². The molecular weight excluding hydrogens is 319 g/mol. The third-order valence-electron chi connectivity index (χ3n) is 1.82. The topological polar surface area (TPSA) is 9.23 Å². The van der Waals surface area contributed by atoms with E-state index in [1.165, 1.54) is 12.0 Å². The summed E-state index contributed by atoms with van der Waals surface area (Å²) in [6.45, 7) is 0.886. The molecule has 0 aromatic heterocycles. The number of rotatable bonds is 0. The average molecular weight is 330 g/mol. The maximum absolute atomic E-state index is 5.42. The summed E-state index contributed by atoms with van der Waals surface area (Å²) < 4.78 is 5.42. The van der Waals surface area contributed by atoms with Gasteiger partial charge in [0.2, 0.25) is 0 Å². The van der Waals surface area contributed by atoms with E-state index in [-0.39, 0.29) is 54.1 Å². The van der Waals surface area contributed by atoms with Gasteiger partial charge in [0, 0.05) is 52.7 Å². The number of benzene rings is 1. The summed E-state index contributed by atoms with van der Waals surface area (Å²) in [6, 6.07) is 8.25. The average Bonchev–Trinajstić information content (AvgIpc) is 2.05. The van der Waals surface area contributed by atoms with Gasteiger partial charge in [-0.15, -0.1) is 0 Å². The summed E-state index contributed by atoms with van der Waals surface area (Å²) in [5, 5.41) is 0. The molecule has 12 heavy (non-hydrogen) atoms. The van der Waals surface area contributed by atoms with Crippen molar-refractivity contribution in [3.8, 4) is 5.75 Å². The molecule has 0 atom stereocenters. The van der Waals surface area contributed by atoms with E-state index in [0.717, 1.165) is 18.8 Å². The van der Waals surface area contributed by atoms with E-state index in [0.29, 0.717) is 0 Å². The van der Waals surface area contributed by atoms with Crippen LogP contribution >= 0.6 is 0 Å². The Labute approximate surface area is 113 Å². The van der Waals surface area contributed by atoms with Crippen LogP contribution in [0.4, 0.5) is 0 Å². The van der Waals surface area contributed by atoms with E-state index < -0.39 is 0 Å². The van der Waals surface area contributed by atoms with Crippen LogP contribution in [-0.2, 0) is 23.5 Å². The van der Waals surface area contributed by atoms with Crippen LogP contribution < -0.4 is 4.74 Å². The Hall–Kier alpha value is 0.734. The second-order valence-electron chi connectivity index (χ2n) is 2.56. The van der Waals surface area contributed by atoms with Crippen LogP contribution in [0.3, 0.4) is 0 Å². The quantitative estimate of drug-likeness (QED) is 0.663. The summed E-state index contributed by atoms with van der Waals surface area (Å²) in [5.41, 5.74) is 1.36. The summed E-state index contributed by atoms with van der Waals surface area (Å²) in [6.07, 6.45) is 2.34. The first kappa shape index (κ1) is 12.7. The van der Waals surface area contributed by atoms with Crippen molar-refractivity contribution < 1.29 is 58.8 Å². The molecule has 1 aromatic rings. The van der Waals surface area contributed by atoms with Gasteiger partial charge in [-0.25, -0.2) is 0 Å². The summed E-state index contributed by atoms with van der Waals surface area (Å²) in [4.78, 5) is 0. The molecule has 0 bridgehead atoms. The van der Waals surface area contributed by atoms with Gasteiger partial charge in [0.15, 0.2) is 0 Å². The predicted octanol–water partition coefficient (Wildman–Crippen LogP) is 2.12. The van der Waals surface area contributed by atoms with Crippen LogP contribution in [0.15, 0.2) is 24.3 Å². The Kier molecular flexibility index (Phi) is 6.61. The molecule has 1 aliphatic heterocycles. The molecule has 3 heteroatoms. The fourth-order valence-corrected chi connectivity index (χ4v) is 1.30. The number of hydrogen-bond donors (Lipinski definition) is 0. The monoisotopic (exact) mass is 330 g/mol. The fourth-order valence-electron chi connectivity index (χ4n) is 1.30. The van der Waals surface area contributed by atoms with E-state index in [1.54, 1.807) is 0 Å². The van der Waals surface area contributed by atoms with E-state index in [4.69, 9.17) is 4.74 Å². The number of aryl methyl sites for hydroxylation is 1. The fraction of sp³-hybridized carbons (Fsp3) is 0.333. The second-order valence-corrected chi connectivity index (χ2v) is 2.56. The number of ether oxygens (including phenoxy) is 1. The molecule has 0 saturated heterocycles. The van der Waals surface area contributed by atoms with Gasteiger partial charge in [-0.3, -0.25) is 0 Å². The summed E-state index contributed by atoms with van der Waals surface area (Å²) in [7, 11) is 0. The van der Waals surface area contributed by atoms with E-state index in [9.17, 15) is 0 Å². The third kappa shape index (κ3) is 2.90. The normalized spacial score (nSPS) is 13.0. The Morgan fingerprint density at radius 3 is 2.75 bits per heavy atom. The van der Waals surface area contributed by atoms with Gasteiger partial charge in [0.25, 0.3) is 0 Å². The zero-order chi connectivity index (χ0) is 6.81. The van der Waals surface area contributed by atoms with Gasteiger partial charge < -0.3 is 4.74 Å². The summed E-state index contributed by atoms with van der Waals surface area (Å²) >= 11 is 0. The van der Waals surface area contributed by atoms with Crippen molar-refractivity contribution in [1.29, 1.82) is 0 Å². The molecule has 2 rings (SSSR count). The standard InChI is InChI=1S/C9H10O.Fe.La/c1-2-6-9-8(4-1)5-3-7-10-9;;/h1-2,4,6H,3,5,7H2;;/p+1. The maximum Gasteiger partial charge on any atom is 1.00 e. The van der Waals surface area contributed by atoms with E-state index in [2.05, 4.69) is 12.1 Å².